The first-order valence-corrected chi connectivity index (χ1v) is 6.71. The van der Waals surface area contributed by atoms with Gasteiger partial charge < -0.3 is 15.0 Å². The van der Waals surface area contributed by atoms with Crippen molar-refractivity contribution in [2.75, 3.05) is 5.32 Å². The average Bonchev–Trinajstić information content (AvgIpc) is 2.81. The number of carbonyl (C=O) groups excluding carboxylic acids is 1. The van der Waals surface area contributed by atoms with Crippen LogP contribution in [0.15, 0.2) is 41.0 Å². The summed E-state index contributed by atoms with van der Waals surface area (Å²) in [4.78, 5) is 22.9. The molecular weight excluding hydrogens is 324 g/mol. The maximum Gasteiger partial charge on any atom is 0.323 e. The SMILES string of the molecule is Cc1ccc(Br)c(NC(=O)c2cccn2CC(=O)O)c1. The third-order valence-corrected chi connectivity index (χ3v) is 3.43. The fourth-order valence-electron chi connectivity index (χ4n) is 1.83. The van der Waals surface area contributed by atoms with Crippen molar-refractivity contribution in [3.05, 3.63) is 52.3 Å². The van der Waals surface area contributed by atoms with Gasteiger partial charge in [0.2, 0.25) is 0 Å². The maximum absolute atomic E-state index is 12.2. The molecule has 104 valence electrons. The van der Waals surface area contributed by atoms with Crippen molar-refractivity contribution in [1.82, 2.24) is 4.57 Å². The van der Waals surface area contributed by atoms with E-state index in [4.69, 9.17) is 5.11 Å². The molecule has 0 atom stereocenters. The topological polar surface area (TPSA) is 71.3 Å². The molecular formula is C14H13BrN2O3. The van der Waals surface area contributed by atoms with Crippen molar-refractivity contribution in [2.24, 2.45) is 0 Å². The van der Waals surface area contributed by atoms with Crippen molar-refractivity contribution >= 4 is 33.5 Å². The smallest absolute Gasteiger partial charge is 0.323 e. The van der Waals surface area contributed by atoms with Crippen LogP contribution in [-0.2, 0) is 11.3 Å². The number of aliphatic carboxylic acids is 1. The van der Waals surface area contributed by atoms with E-state index in [1.807, 2.05) is 25.1 Å². The van der Waals surface area contributed by atoms with Crippen LogP contribution >= 0.6 is 15.9 Å². The summed E-state index contributed by atoms with van der Waals surface area (Å²) in [5, 5.41) is 11.6. The van der Waals surface area contributed by atoms with Crippen LogP contribution in [0, 0.1) is 6.92 Å². The van der Waals surface area contributed by atoms with Gasteiger partial charge in [0.1, 0.15) is 12.2 Å². The summed E-state index contributed by atoms with van der Waals surface area (Å²) in [5.74, 6) is -1.34. The van der Waals surface area contributed by atoms with Crippen molar-refractivity contribution in [1.29, 1.82) is 0 Å². The third kappa shape index (κ3) is 3.27. The van der Waals surface area contributed by atoms with Gasteiger partial charge in [-0.25, -0.2) is 0 Å². The number of carboxylic acids is 1. The first-order valence-electron chi connectivity index (χ1n) is 5.92. The number of amides is 1. The van der Waals surface area contributed by atoms with Gasteiger partial charge in [-0.05, 0) is 52.7 Å². The third-order valence-electron chi connectivity index (χ3n) is 2.74. The summed E-state index contributed by atoms with van der Waals surface area (Å²) in [6, 6.07) is 8.84. The molecule has 2 aromatic rings. The molecule has 0 aliphatic heterocycles. The van der Waals surface area contributed by atoms with Crippen LogP contribution in [0.3, 0.4) is 0 Å². The molecule has 1 amide bonds. The van der Waals surface area contributed by atoms with Gasteiger partial charge in [0.05, 0.1) is 5.69 Å². The van der Waals surface area contributed by atoms with Crippen LogP contribution in [0.5, 0.6) is 0 Å². The van der Waals surface area contributed by atoms with E-state index < -0.39 is 5.97 Å². The number of benzene rings is 1. The Morgan fingerprint density at radius 3 is 2.80 bits per heavy atom. The summed E-state index contributed by atoms with van der Waals surface area (Å²) in [6.07, 6.45) is 1.56. The Labute approximate surface area is 124 Å². The van der Waals surface area contributed by atoms with Crippen LogP contribution < -0.4 is 5.32 Å². The van der Waals surface area contributed by atoms with Crippen molar-refractivity contribution < 1.29 is 14.7 Å². The largest absolute Gasteiger partial charge is 0.480 e. The number of rotatable bonds is 4. The van der Waals surface area contributed by atoms with Gasteiger partial charge in [-0.3, -0.25) is 9.59 Å². The standard InChI is InChI=1S/C14H13BrN2O3/c1-9-4-5-10(15)11(7-9)16-14(20)12-3-2-6-17(12)8-13(18)19/h2-7H,8H2,1H3,(H,16,20)(H,18,19). The first-order chi connectivity index (χ1) is 9.47. The van der Waals surface area contributed by atoms with E-state index in [1.54, 1.807) is 18.3 Å². The van der Waals surface area contributed by atoms with E-state index in [0.29, 0.717) is 11.4 Å². The zero-order chi connectivity index (χ0) is 14.7. The zero-order valence-corrected chi connectivity index (χ0v) is 12.3. The normalized spacial score (nSPS) is 10.3. The fourth-order valence-corrected chi connectivity index (χ4v) is 2.17. The Balaban J connectivity index is 2.22. The molecule has 0 fully saturated rings. The highest BCUT2D eigenvalue weighted by Gasteiger charge is 2.14. The molecule has 20 heavy (non-hydrogen) atoms. The molecule has 0 aliphatic carbocycles. The second kappa shape index (κ2) is 5.92. The molecule has 5 nitrogen and oxygen atoms in total. The van der Waals surface area contributed by atoms with E-state index in [1.165, 1.54) is 4.57 Å². The highest BCUT2D eigenvalue weighted by Crippen LogP contribution is 2.24. The van der Waals surface area contributed by atoms with Gasteiger partial charge in [-0.1, -0.05) is 6.07 Å². The minimum Gasteiger partial charge on any atom is -0.480 e. The van der Waals surface area contributed by atoms with E-state index in [2.05, 4.69) is 21.2 Å². The summed E-state index contributed by atoms with van der Waals surface area (Å²) >= 11 is 3.37. The number of anilines is 1. The molecule has 6 heteroatoms. The van der Waals surface area contributed by atoms with Gasteiger partial charge in [0, 0.05) is 10.7 Å². The number of carbonyl (C=O) groups is 2. The number of nitrogens with one attached hydrogen (secondary N) is 1. The highest BCUT2D eigenvalue weighted by atomic mass is 79.9. The number of aromatic nitrogens is 1. The number of carboxylic acid groups (broad SMARTS) is 1. The van der Waals surface area contributed by atoms with Crippen LogP contribution in [-0.4, -0.2) is 21.6 Å². The quantitative estimate of drug-likeness (QED) is 0.901. The Morgan fingerprint density at radius 1 is 1.35 bits per heavy atom. The number of hydrogen-bond donors (Lipinski definition) is 2. The molecule has 0 aliphatic rings. The molecule has 0 saturated heterocycles. The van der Waals surface area contributed by atoms with Gasteiger partial charge in [-0.15, -0.1) is 0 Å². The lowest BCUT2D eigenvalue weighted by Gasteiger charge is -2.10. The number of halogens is 1. The molecule has 1 aromatic carbocycles. The molecule has 1 aromatic heterocycles. The Kier molecular flexibility index (Phi) is 4.24. The van der Waals surface area contributed by atoms with E-state index in [9.17, 15) is 9.59 Å². The van der Waals surface area contributed by atoms with Gasteiger partial charge >= 0.3 is 5.97 Å². The van der Waals surface area contributed by atoms with Crippen molar-refractivity contribution in [3.8, 4) is 0 Å². The average molecular weight is 337 g/mol. The predicted molar refractivity (Wildman–Crippen MR) is 78.9 cm³/mol. The molecule has 1 heterocycles. The van der Waals surface area contributed by atoms with Gasteiger partial charge in [0.15, 0.2) is 0 Å². The lowest BCUT2D eigenvalue weighted by Crippen LogP contribution is -2.19. The second-order valence-electron chi connectivity index (χ2n) is 4.35. The number of aryl methyl sites for hydroxylation is 1. The summed E-state index contributed by atoms with van der Waals surface area (Å²) in [7, 11) is 0. The number of hydrogen-bond acceptors (Lipinski definition) is 2. The van der Waals surface area contributed by atoms with Crippen molar-refractivity contribution in [3.63, 3.8) is 0 Å². The molecule has 2 N–H and O–H groups in total. The Hall–Kier alpha value is -2.08. The molecule has 0 bridgehead atoms. The minimum absolute atomic E-state index is 0.245. The van der Waals surface area contributed by atoms with E-state index in [0.717, 1.165) is 10.0 Å². The van der Waals surface area contributed by atoms with Crippen LogP contribution in [0.25, 0.3) is 0 Å². The molecule has 2 rings (SSSR count). The molecule has 0 radical (unpaired) electrons. The molecule has 0 saturated carbocycles. The zero-order valence-electron chi connectivity index (χ0n) is 10.8. The Morgan fingerprint density at radius 2 is 2.10 bits per heavy atom. The van der Waals surface area contributed by atoms with E-state index in [-0.39, 0.29) is 12.5 Å². The highest BCUT2D eigenvalue weighted by molar-refractivity contribution is 9.10. The number of nitrogens with zero attached hydrogens (tertiary/aromatic N) is 1. The molecule has 0 unspecified atom stereocenters. The lowest BCUT2D eigenvalue weighted by molar-refractivity contribution is -0.137. The predicted octanol–water partition coefficient (Wildman–Crippen LogP) is 2.90. The van der Waals surface area contributed by atoms with Gasteiger partial charge in [0.25, 0.3) is 5.91 Å². The maximum atomic E-state index is 12.2. The van der Waals surface area contributed by atoms with Crippen molar-refractivity contribution in [2.45, 2.75) is 13.5 Å². The monoisotopic (exact) mass is 336 g/mol. The first kappa shape index (κ1) is 14.3. The summed E-state index contributed by atoms with van der Waals surface area (Å²) in [6.45, 7) is 1.68. The van der Waals surface area contributed by atoms with Crippen LogP contribution in [0.1, 0.15) is 16.1 Å². The lowest BCUT2D eigenvalue weighted by atomic mass is 10.2. The summed E-state index contributed by atoms with van der Waals surface area (Å²) < 4.78 is 2.16. The fraction of sp³-hybridized carbons (Fsp3) is 0.143. The second-order valence-corrected chi connectivity index (χ2v) is 5.21. The summed E-state index contributed by atoms with van der Waals surface area (Å²) in [5.41, 5.74) is 1.98. The van der Waals surface area contributed by atoms with Gasteiger partial charge in [-0.2, -0.15) is 0 Å². The van der Waals surface area contributed by atoms with Crippen LogP contribution in [0.2, 0.25) is 0 Å². The minimum atomic E-state index is -0.994. The van der Waals surface area contributed by atoms with Crippen LogP contribution in [0.4, 0.5) is 5.69 Å². The Bertz CT molecular complexity index is 664. The molecule has 0 spiro atoms. The van der Waals surface area contributed by atoms with E-state index >= 15 is 0 Å².